The van der Waals surface area contributed by atoms with Crippen LogP contribution in [0.4, 0.5) is 10.5 Å². The van der Waals surface area contributed by atoms with E-state index in [4.69, 9.17) is 4.42 Å². The van der Waals surface area contributed by atoms with E-state index in [1.54, 1.807) is 0 Å². The predicted molar refractivity (Wildman–Crippen MR) is 84.6 cm³/mol. The molecule has 0 atom stereocenters. The number of urea groups is 1. The molecule has 1 heterocycles. The van der Waals surface area contributed by atoms with Gasteiger partial charge in [-0.1, -0.05) is 32.0 Å². The smallest absolute Gasteiger partial charge is 0.319 e. The Morgan fingerprint density at radius 2 is 1.95 bits per heavy atom. The molecule has 0 aliphatic heterocycles. The Kier molecular flexibility index (Phi) is 4.68. The molecular formula is C17H22N2O2. The molecule has 0 fully saturated rings. The number of hydrogen-bond acceptors (Lipinski definition) is 2. The maximum Gasteiger partial charge on any atom is 0.319 e. The standard InChI is InChI=1S/C17H22N2O2/c1-11(2)15-7-5-6-12(3)16(15)19-17(20)18-10-14-9-8-13(4)21-14/h5-9,11H,10H2,1-4H3,(H2,18,19,20). The number of rotatable bonds is 4. The van der Waals surface area contributed by atoms with Gasteiger partial charge < -0.3 is 15.1 Å². The van der Waals surface area contributed by atoms with E-state index in [0.29, 0.717) is 12.5 Å². The van der Waals surface area contributed by atoms with Gasteiger partial charge in [0.2, 0.25) is 0 Å². The van der Waals surface area contributed by atoms with Gasteiger partial charge in [-0.3, -0.25) is 0 Å². The number of furan rings is 1. The zero-order chi connectivity index (χ0) is 15.4. The topological polar surface area (TPSA) is 54.3 Å². The van der Waals surface area contributed by atoms with Crippen LogP contribution in [0.3, 0.4) is 0 Å². The van der Waals surface area contributed by atoms with Crippen LogP contribution in [0.5, 0.6) is 0 Å². The summed E-state index contributed by atoms with van der Waals surface area (Å²) in [5, 5.41) is 5.76. The van der Waals surface area contributed by atoms with Crippen LogP contribution in [-0.2, 0) is 6.54 Å². The lowest BCUT2D eigenvalue weighted by molar-refractivity contribution is 0.250. The highest BCUT2D eigenvalue weighted by molar-refractivity contribution is 5.91. The summed E-state index contributed by atoms with van der Waals surface area (Å²) in [7, 11) is 0. The summed E-state index contributed by atoms with van der Waals surface area (Å²) in [5.74, 6) is 1.94. The predicted octanol–water partition coefficient (Wildman–Crippen LogP) is 4.34. The van der Waals surface area contributed by atoms with Crippen molar-refractivity contribution in [3.63, 3.8) is 0 Å². The first-order valence-electron chi connectivity index (χ1n) is 7.17. The summed E-state index contributed by atoms with van der Waals surface area (Å²) in [4.78, 5) is 12.1. The Morgan fingerprint density at radius 1 is 1.19 bits per heavy atom. The highest BCUT2D eigenvalue weighted by Crippen LogP contribution is 2.27. The largest absolute Gasteiger partial charge is 0.465 e. The van der Waals surface area contributed by atoms with Gasteiger partial charge >= 0.3 is 6.03 Å². The van der Waals surface area contributed by atoms with Crippen LogP contribution in [0.2, 0.25) is 0 Å². The molecule has 2 aromatic rings. The Morgan fingerprint density at radius 3 is 2.57 bits per heavy atom. The maximum absolute atomic E-state index is 12.1. The summed E-state index contributed by atoms with van der Waals surface area (Å²) in [6, 6.07) is 9.58. The summed E-state index contributed by atoms with van der Waals surface area (Å²) >= 11 is 0. The second-order valence-corrected chi connectivity index (χ2v) is 5.51. The maximum atomic E-state index is 12.1. The van der Waals surface area contributed by atoms with Crippen molar-refractivity contribution in [1.82, 2.24) is 5.32 Å². The molecule has 0 unspecified atom stereocenters. The first-order chi connectivity index (χ1) is 9.97. The van der Waals surface area contributed by atoms with E-state index in [9.17, 15) is 4.79 Å². The Bertz CT molecular complexity index is 629. The molecule has 0 aliphatic rings. The van der Waals surface area contributed by atoms with Gasteiger partial charge in [0.15, 0.2) is 0 Å². The lowest BCUT2D eigenvalue weighted by atomic mass is 9.98. The first kappa shape index (κ1) is 15.2. The van der Waals surface area contributed by atoms with Gasteiger partial charge in [-0.25, -0.2) is 4.79 Å². The number of para-hydroxylation sites is 1. The molecule has 112 valence electrons. The van der Waals surface area contributed by atoms with E-state index in [1.807, 2.05) is 44.2 Å². The Labute approximate surface area is 125 Å². The third kappa shape index (κ3) is 3.88. The second kappa shape index (κ2) is 6.48. The fourth-order valence-corrected chi connectivity index (χ4v) is 2.25. The Hall–Kier alpha value is -2.23. The van der Waals surface area contributed by atoms with Crippen LogP contribution >= 0.6 is 0 Å². The number of hydrogen-bond donors (Lipinski definition) is 2. The van der Waals surface area contributed by atoms with E-state index in [2.05, 4.69) is 24.5 Å². The number of benzene rings is 1. The van der Waals surface area contributed by atoms with Crippen molar-refractivity contribution in [3.8, 4) is 0 Å². The monoisotopic (exact) mass is 286 g/mol. The molecule has 2 amide bonds. The highest BCUT2D eigenvalue weighted by atomic mass is 16.3. The lowest BCUT2D eigenvalue weighted by Crippen LogP contribution is -2.28. The molecule has 0 saturated heterocycles. The van der Waals surface area contributed by atoms with Crippen LogP contribution in [0, 0.1) is 13.8 Å². The molecule has 4 heteroatoms. The van der Waals surface area contributed by atoms with Crippen molar-refractivity contribution in [3.05, 3.63) is 53.0 Å². The minimum Gasteiger partial charge on any atom is -0.465 e. The van der Waals surface area contributed by atoms with Gasteiger partial charge in [0.1, 0.15) is 11.5 Å². The normalized spacial score (nSPS) is 10.7. The number of carbonyl (C=O) groups is 1. The van der Waals surface area contributed by atoms with Crippen LogP contribution in [0.15, 0.2) is 34.7 Å². The zero-order valence-corrected chi connectivity index (χ0v) is 13.0. The molecule has 21 heavy (non-hydrogen) atoms. The van der Waals surface area contributed by atoms with Gasteiger partial charge in [-0.2, -0.15) is 0 Å². The minimum absolute atomic E-state index is 0.222. The van der Waals surface area contributed by atoms with E-state index in [0.717, 1.165) is 28.3 Å². The van der Waals surface area contributed by atoms with Crippen LogP contribution in [-0.4, -0.2) is 6.03 Å². The molecule has 1 aromatic heterocycles. The summed E-state index contributed by atoms with van der Waals surface area (Å²) in [6.07, 6.45) is 0. The number of nitrogens with one attached hydrogen (secondary N) is 2. The molecule has 0 saturated carbocycles. The van der Waals surface area contributed by atoms with Crippen molar-refractivity contribution in [1.29, 1.82) is 0 Å². The third-order valence-corrected chi connectivity index (χ3v) is 3.38. The minimum atomic E-state index is -0.222. The van der Waals surface area contributed by atoms with Crippen molar-refractivity contribution in [2.45, 2.75) is 40.2 Å². The first-order valence-corrected chi connectivity index (χ1v) is 7.17. The molecule has 0 radical (unpaired) electrons. The van der Waals surface area contributed by atoms with Crippen LogP contribution in [0.1, 0.15) is 42.4 Å². The van der Waals surface area contributed by atoms with Crippen molar-refractivity contribution < 1.29 is 9.21 Å². The van der Waals surface area contributed by atoms with Gasteiger partial charge in [-0.15, -0.1) is 0 Å². The third-order valence-electron chi connectivity index (χ3n) is 3.38. The molecule has 0 aliphatic carbocycles. The van der Waals surface area contributed by atoms with Crippen molar-refractivity contribution >= 4 is 11.7 Å². The quantitative estimate of drug-likeness (QED) is 0.878. The molecule has 4 nitrogen and oxygen atoms in total. The lowest BCUT2D eigenvalue weighted by Gasteiger charge is -2.16. The van der Waals surface area contributed by atoms with Gasteiger partial charge in [0.05, 0.1) is 6.54 Å². The number of amides is 2. The molecule has 2 N–H and O–H groups in total. The fourth-order valence-electron chi connectivity index (χ4n) is 2.25. The van der Waals surface area contributed by atoms with Crippen molar-refractivity contribution in [2.75, 3.05) is 5.32 Å². The van der Waals surface area contributed by atoms with Gasteiger partial charge in [0.25, 0.3) is 0 Å². The van der Waals surface area contributed by atoms with Crippen LogP contribution in [0.25, 0.3) is 0 Å². The number of anilines is 1. The molecule has 0 spiro atoms. The van der Waals surface area contributed by atoms with E-state index in [1.165, 1.54) is 0 Å². The Balaban J connectivity index is 2.02. The summed E-state index contributed by atoms with van der Waals surface area (Å²) < 4.78 is 5.43. The zero-order valence-electron chi connectivity index (χ0n) is 13.0. The van der Waals surface area contributed by atoms with Crippen LogP contribution < -0.4 is 10.6 Å². The number of aryl methyl sites for hydroxylation is 2. The SMILES string of the molecule is Cc1ccc(CNC(=O)Nc2c(C)cccc2C(C)C)o1. The summed E-state index contributed by atoms with van der Waals surface area (Å²) in [6.45, 7) is 8.48. The van der Waals surface area contributed by atoms with E-state index < -0.39 is 0 Å². The average molecular weight is 286 g/mol. The fraction of sp³-hybridized carbons (Fsp3) is 0.353. The van der Waals surface area contributed by atoms with E-state index >= 15 is 0 Å². The highest BCUT2D eigenvalue weighted by Gasteiger charge is 2.12. The van der Waals surface area contributed by atoms with Crippen molar-refractivity contribution in [2.24, 2.45) is 0 Å². The second-order valence-electron chi connectivity index (χ2n) is 5.51. The molecular weight excluding hydrogens is 264 g/mol. The average Bonchev–Trinajstić information content (AvgIpc) is 2.84. The molecule has 1 aromatic carbocycles. The molecule has 2 rings (SSSR count). The van der Waals surface area contributed by atoms with E-state index in [-0.39, 0.29) is 6.03 Å². The van der Waals surface area contributed by atoms with Gasteiger partial charge in [-0.05, 0) is 43.0 Å². The summed E-state index contributed by atoms with van der Waals surface area (Å²) in [5.41, 5.74) is 3.09. The number of carbonyl (C=O) groups excluding carboxylic acids is 1. The van der Waals surface area contributed by atoms with Gasteiger partial charge in [0, 0.05) is 5.69 Å². The molecule has 0 bridgehead atoms.